The quantitative estimate of drug-likeness (QED) is 0.0471. The molecule has 0 atom stereocenters. The molecule has 13 nitrogen and oxygen atoms in total. The average Bonchev–Trinajstić information content (AvgIpc) is 1.01. The molecule has 0 saturated carbocycles. The number of carboxylic acid groups (broad SMARTS) is 1. The number of carboxylic acids is 1. The van der Waals surface area contributed by atoms with Crippen LogP contribution in [-0.4, -0.2) is 48.3 Å². The fraction of sp³-hybridized carbons (Fsp3) is 0.150. The van der Waals surface area contributed by atoms with Crippen LogP contribution >= 0.6 is 15.6 Å². The first-order valence-electron chi connectivity index (χ1n) is 25.4. The number of nitrogens with zero attached hydrogens (tertiary/aromatic N) is 6. The summed E-state index contributed by atoms with van der Waals surface area (Å²) in [6.07, 6.45) is 27.4. The first-order valence-corrected chi connectivity index (χ1v) is 29.5. The first kappa shape index (κ1) is 74.7. The van der Waals surface area contributed by atoms with E-state index in [1.54, 1.807) is 0 Å². The second-order valence-corrected chi connectivity index (χ2v) is 22.6. The van der Waals surface area contributed by atoms with Crippen molar-refractivity contribution in [1.29, 1.82) is 0 Å². The summed E-state index contributed by atoms with van der Waals surface area (Å²) in [6, 6.07) is 42.6. The molecule has 4 aromatic carbocycles. The van der Waals surface area contributed by atoms with E-state index in [-0.39, 0.29) is 32.9 Å². The van der Waals surface area contributed by atoms with Gasteiger partial charge in [-0.2, -0.15) is 0 Å². The van der Waals surface area contributed by atoms with Gasteiger partial charge in [-0.1, -0.05) is 69.3 Å². The number of carbonyl (C=O) groups is 1. The second-order valence-electron chi connectivity index (χ2n) is 18.8. The molecule has 470 valence electrons. The van der Waals surface area contributed by atoms with Crippen molar-refractivity contribution < 1.29 is 101 Å². The van der Waals surface area contributed by atoms with Crippen LogP contribution in [0.15, 0.2) is 202 Å². The molecule has 10 N–H and O–H groups in total. The molecule has 0 unspecified atom stereocenters. The maximum atomic E-state index is 11.3. The zero-order chi connectivity index (χ0) is 59.6. The van der Waals surface area contributed by atoms with E-state index >= 15 is 0 Å². The molecular weight excluding hydrogens is 1210 g/mol. The minimum atomic E-state index is -10.7. The fourth-order valence-electron chi connectivity index (χ4n) is 9.63. The van der Waals surface area contributed by atoms with Crippen LogP contribution in [0.25, 0.3) is 54.9 Å². The van der Waals surface area contributed by atoms with Gasteiger partial charge in [-0.15, -0.1) is 0 Å². The van der Waals surface area contributed by atoms with E-state index in [0.717, 1.165) is 60.4 Å². The predicted octanol–water partition coefficient (Wildman–Crippen LogP) is 12.6. The maximum Gasteiger partial charge on any atom is 0.0727 e. The molecular formula is C60H64F12N6O7P2. The van der Waals surface area contributed by atoms with Crippen molar-refractivity contribution in [3.05, 3.63) is 241 Å². The van der Waals surface area contributed by atoms with Crippen LogP contribution in [0.3, 0.4) is 0 Å². The maximum absolute atomic E-state index is 11.3. The topological polar surface area (TPSA) is 248 Å². The molecule has 0 amide bonds. The van der Waals surface area contributed by atoms with Crippen molar-refractivity contribution in [1.82, 2.24) is 15.0 Å². The summed E-state index contributed by atoms with van der Waals surface area (Å²) in [7, 11) is -21.3. The van der Waals surface area contributed by atoms with Gasteiger partial charge in [0, 0.05) is 95.8 Å². The normalized spacial score (nSPS) is 12.4. The molecule has 0 bridgehead atoms. The molecule has 0 aliphatic heterocycles. The number of pyridine rings is 6. The Kier molecular flexibility index (Phi) is 24.4. The summed E-state index contributed by atoms with van der Waals surface area (Å²) < 4.78 is 125. The number of rotatable bonds is 13. The Morgan fingerprint density at radius 3 is 0.805 bits per heavy atom. The number of hydrogen-bond acceptors (Lipinski definition) is 5. The molecule has 0 aliphatic rings. The van der Waals surface area contributed by atoms with E-state index < -0.39 is 21.6 Å². The molecule has 0 radical (unpaired) electrons. The van der Waals surface area contributed by atoms with Gasteiger partial charge < -0.3 is 37.3 Å². The minimum absolute atomic E-state index is 0. The van der Waals surface area contributed by atoms with Crippen LogP contribution < -0.4 is 18.8 Å². The Hall–Kier alpha value is -8.41. The molecule has 10 rings (SSSR count). The summed E-state index contributed by atoms with van der Waals surface area (Å²) in [5.41, 5.74) is 16.2. The first-order chi connectivity index (χ1) is 38.3. The van der Waals surface area contributed by atoms with Crippen LogP contribution in [0.1, 0.15) is 64.5 Å². The third-order valence-electron chi connectivity index (χ3n) is 13.0. The Morgan fingerprint density at radius 2 is 0.586 bits per heavy atom. The summed E-state index contributed by atoms with van der Waals surface area (Å²) >= 11 is 0. The molecule has 10 aromatic rings. The molecule has 27 heteroatoms. The van der Waals surface area contributed by atoms with E-state index in [1.807, 2.05) is 91.8 Å². The van der Waals surface area contributed by atoms with Crippen LogP contribution in [0.5, 0.6) is 0 Å². The van der Waals surface area contributed by atoms with E-state index in [1.165, 1.54) is 66.8 Å². The number of aromatic nitrogens is 6. The number of aromatic carboxylic acids is 1. The minimum Gasteiger partial charge on any atom is -0.545 e. The van der Waals surface area contributed by atoms with Gasteiger partial charge in [-0.3, -0.25) is 15.0 Å². The van der Waals surface area contributed by atoms with E-state index in [2.05, 4.69) is 159 Å². The third kappa shape index (κ3) is 23.4. The second kappa shape index (κ2) is 28.4. The summed E-state index contributed by atoms with van der Waals surface area (Å²) in [5.74, 6) is -1.13. The van der Waals surface area contributed by atoms with Gasteiger partial charge in [0.15, 0.2) is 56.8 Å². The van der Waals surface area contributed by atoms with Gasteiger partial charge in [0.05, 0.1) is 5.97 Å². The van der Waals surface area contributed by atoms with Gasteiger partial charge in [0.25, 0.3) is 0 Å². The van der Waals surface area contributed by atoms with Crippen LogP contribution in [-0.2, 0) is 38.9 Å². The Bertz CT molecular complexity index is 3480. The average molecular weight is 1270 g/mol. The van der Waals surface area contributed by atoms with Crippen LogP contribution in [0.4, 0.5) is 50.4 Å². The summed E-state index contributed by atoms with van der Waals surface area (Å²) in [5, 5.41) is 14.6. The van der Waals surface area contributed by atoms with E-state index in [0.29, 0.717) is 0 Å². The van der Waals surface area contributed by atoms with Crippen LogP contribution in [0, 0.1) is 0 Å². The number of halogens is 12. The number of fused-ring (bicyclic) bond motifs is 2. The number of carbonyl (C=O) groups excluding carboxylic acids is 1. The smallest absolute Gasteiger partial charge is 0.0727 e. The van der Waals surface area contributed by atoms with Crippen molar-refractivity contribution in [2.45, 2.75) is 59.7 Å². The van der Waals surface area contributed by atoms with Gasteiger partial charge in [0.1, 0.15) is 0 Å². The van der Waals surface area contributed by atoms with Crippen molar-refractivity contribution in [3.8, 4) is 33.4 Å². The summed E-state index contributed by atoms with van der Waals surface area (Å²) in [4.78, 5) is 23.9. The molecule has 0 aliphatic carbocycles. The Morgan fingerprint density at radius 1 is 0.368 bits per heavy atom. The molecule has 0 fully saturated rings. The largest absolute Gasteiger partial charge is 0.545 e. The number of benzene rings is 4. The molecule has 6 heterocycles. The fourth-order valence-corrected chi connectivity index (χ4v) is 9.63. The van der Waals surface area contributed by atoms with Crippen molar-refractivity contribution >= 4 is 43.1 Å². The van der Waals surface area contributed by atoms with Crippen molar-refractivity contribution in [2.24, 2.45) is 0 Å². The Balaban J connectivity index is 0.000000588. The van der Waals surface area contributed by atoms with Crippen molar-refractivity contribution in [2.75, 3.05) is 0 Å². The zero-order valence-corrected chi connectivity index (χ0v) is 48.5. The molecule has 6 aromatic heterocycles. The molecule has 0 spiro atoms. The standard InChI is InChI=1S/C45H45N6.C15H10O2.2F6P.5H2O/c1-4-40-43(31-49-25-13-37(14-26-49)34-7-19-46-20-8-34)41(5-2)45(33-51-29-17-39(18-30-51)36-11-23-48-24-12-36)42(6-3)44(40)32-50-27-15-38(16-28-50)35-9-21-47-22-10-35;16-15(17)14-12-7-3-1-5-10(12)9-11-6-2-4-8-13(11)14;2*1-7(2,3,4,5)6;;;;;/h7-30H,4-6,31-33H2,1-3H3;1-9H,(H,16,17);;;5*1H2/q+3;;2*-1;;;;;/p-1. The van der Waals surface area contributed by atoms with Gasteiger partial charge in [0.2, 0.25) is 0 Å². The van der Waals surface area contributed by atoms with E-state index in [4.69, 9.17) is 0 Å². The molecule has 87 heavy (non-hydrogen) atoms. The SMILES string of the molecule is CCc1c(C[n+]2ccc(-c3ccncc3)cc2)c(CC)c(C[n+]2ccc(-c3ccncc3)cc2)c(CC)c1C[n+]1ccc(-c2ccncc2)cc1.F[P-](F)(F)(F)(F)F.F[P-](F)(F)(F)(F)F.O.O.O.O.O.O=C([O-])c1c2ccccc2cc2ccccc12. The zero-order valence-electron chi connectivity index (χ0n) is 46.7. The predicted molar refractivity (Wildman–Crippen MR) is 312 cm³/mol. The third-order valence-corrected chi connectivity index (χ3v) is 13.0. The number of hydrogen-bond donors (Lipinski definition) is 0. The van der Waals surface area contributed by atoms with Crippen LogP contribution in [0.2, 0.25) is 0 Å². The monoisotopic (exact) mass is 1270 g/mol. The van der Waals surface area contributed by atoms with Gasteiger partial charge >= 0.3 is 66.0 Å². The van der Waals surface area contributed by atoms with Gasteiger partial charge in [-0.05, 0) is 133 Å². The Labute approximate surface area is 491 Å². The van der Waals surface area contributed by atoms with Gasteiger partial charge in [-0.25, -0.2) is 13.7 Å². The van der Waals surface area contributed by atoms with E-state index in [9.17, 15) is 60.3 Å². The van der Waals surface area contributed by atoms with Crippen molar-refractivity contribution in [3.63, 3.8) is 0 Å². The molecule has 0 saturated heterocycles. The summed E-state index contributed by atoms with van der Waals surface area (Å²) in [6.45, 7) is 9.43.